The molecule has 2 aromatic heterocycles. The average Bonchev–Trinajstić information content (AvgIpc) is 2.82. The van der Waals surface area contributed by atoms with Crippen molar-refractivity contribution in [2.24, 2.45) is 0 Å². The van der Waals surface area contributed by atoms with Crippen molar-refractivity contribution in [1.29, 1.82) is 0 Å². The zero-order chi connectivity index (χ0) is 26.9. The average molecular weight is 498 g/mol. The lowest BCUT2D eigenvalue weighted by Crippen LogP contribution is -2.37. The lowest BCUT2D eigenvalue weighted by atomic mass is 10.2. The molecule has 0 radical (unpaired) electrons. The number of amides is 2. The van der Waals surface area contributed by atoms with E-state index in [0.717, 1.165) is 5.69 Å². The van der Waals surface area contributed by atoms with E-state index in [-0.39, 0.29) is 30.8 Å². The summed E-state index contributed by atoms with van der Waals surface area (Å²) in [5, 5.41) is 5.35. The second-order valence-electron chi connectivity index (χ2n) is 8.59. The van der Waals surface area contributed by atoms with Gasteiger partial charge in [-0.25, -0.2) is 14.8 Å². The van der Waals surface area contributed by atoms with Crippen molar-refractivity contribution in [3.8, 4) is 0 Å². The van der Waals surface area contributed by atoms with E-state index >= 15 is 0 Å². The number of anilines is 3. The molecular weight excluding hydrogens is 462 g/mol. The number of alkyl carbamates (subject to hydrolysis) is 1. The molecule has 0 aliphatic rings. The topological polar surface area (TPSA) is 174 Å². The Morgan fingerprint density at radius 3 is 2.28 bits per heavy atom. The molecule has 12 nitrogen and oxygen atoms in total. The number of ether oxygens (including phenoxy) is 1. The standard InChI is InChI=1S/C22H29N9O3.C2H6/c1-22(2,3)34-21(33)26-10-9-25-19(32)13-5-7-15(8-6-13)31(4)12-14-11-27-18-16(28-14)17(23)29-20(24)30-18;1-2/h5-8,11H,9-10,12H2,1-4H3,(H,25,32)(H,26,33)(H4,23,24,27,29,30);1-2H3. The first kappa shape index (κ1) is 28.0. The molecule has 0 saturated carbocycles. The number of carbonyl (C=O) groups excluding carboxylic acids is 2. The van der Waals surface area contributed by atoms with E-state index in [0.29, 0.717) is 29.0 Å². The molecule has 0 bridgehead atoms. The molecule has 0 atom stereocenters. The molecular formula is C24H35N9O3. The van der Waals surface area contributed by atoms with Crippen LogP contribution in [0.25, 0.3) is 11.2 Å². The van der Waals surface area contributed by atoms with E-state index in [9.17, 15) is 9.59 Å². The zero-order valence-electron chi connectivity index (χ0n) is 21.6. The van der Waals surface area contributed by atoms with Crippen LogP contribution in [0.1, 0.15) is 50.7 Å². The SMILES string of the molecule is CC.CN(Cc1cnc2nc(N)nc(N)c2n1)c1ccc(C(=O)NCCNC(=O)OC(C)(C)C)cc1. The molecule has 0 aliphatic heterocycles. The number of nitrogen functional groups attached to an aromatic ring is 2. The third-order valence-corrected chi connectivity index (χ3v) is 4.55. The maximum absolute atomic E-state index is 12.4. The Labute approximate surface area is 210 Å². The van der Waals surface area contributed by atoms with E-state index in [1.54, 1.807) is 39.1 Å². The van der Waals surface area contributed by atoms with Crippen molar-refractivity contribution in [2.75, 3.05) is 36.5 Å². The molecule has 0 unspecified atom stereocenters. The van der Waals surface area contributed by atoms with Crippen molar-refractivity contribution in [3.05, 3.63) is 41.7 Å². The van der Waals surface area contributed by atoms with Crippen LogP contribution in [-0.2, 0) is 11.3 Å². The Morgan fingerprint density at radius 2 is 1.64 bits per heavy atom. The number of rotatable bonds is 7. The molecule has 2 amide bonds. The summed E-state index contributed by atoms with van der Waals surface area (Å²) in [6, 6.07) is 7.12. The number of nitrogens with one attached hydrogen (secondary N) is 2. The van der Waals surface area contributed by atoms with E-state index in [2.05, 4.69) is 30.6 Å². The fraction of sp³-hybridized carbons (Fsp3) is 0.417. The van der Waals surface area contributed by atoms with Gasteiger partial charge < -0.3 is 31.7 Å². The van der Waals surface area contributed by atoms with Crippen LogP contribution in [0.5, 0.6) is 0 Å². The smallest absolute Gasteiger partial charge is 0.407 e. The minimum atomic E-state index is -0.570. The summed E-state index contributed by atoms with van der Waals surface area (Å²) in [5.74, 6) is -0.0147. The van der Waals surface area contributed by atoms with Gasteiger partial charge in [0.15, 0.2) is 17.0 Å². The number of nitrogens with two attached hydrogens (primary N) is 2. The molecule has 12 heteroatoms. The molecule has 3 rings (SSSR count). The highest BCUT2D eigenvalue weighted by Gasteiger charge is 2.16. The number of aromatic nitrogens is 4. The van der Waals surface area contributed by atoms with Crippen LogP contribution in [0.4, 0.5) is 22.2 Å². The van der Waals surface area contributed by atoms with Crippen LogP contribution in [-0.4, -0.2) is 57.7 Å². The number of fused-ring (bicyclic) bond motifs is 1. The Hall–Kier alpha value is -4.22. The molecule has 0 fully saturated rings. The summed E-state index contributed by atoms with van der Waals surface area (Å²) in [4.78, 5) is 42.6. The van der Waals surface area contributed by atoms with Crippen molar-refractivity contribution >= 4 is 40.6 Å². The highest BCUT2D eigenvalue weighted by atomic mass is 16.6. The summed E-state index contributed by atoms with van der Waals surface area (Å²) in [5.41, 5.74) is 13.7. The highest BCUT2D eigenvalue weighted by molar-refractivity contribution is 5.94. The number of hydrogen-bond donors (Lipinski definition) is 4. The summed E-state index contributed by atoms with van der Waals surface area (Å²) in [6.07, 6.45) is 1.09. The van der Waals surface area contributed by atoms with Crippen LogP contribution in [0, 0.1) is 0 Å². The van der Waals surface area contributed by atoms with Gasteiger partial charge in [0.05, 0.1) is 18.4 Å². The fourth-order valence-corrected chi connectivity index (χ4v) is 3.02. The van der Waals surface area contributed by atoms with E-state index < -0.39 is 11.7 Å². The minimum absolute atomic E-state index is 0.0487. The lowest BCUT2D eigenvalue weighted by Gasteiger charge is -2.20. The van der Waals surface area contributed by atoms with Gasteiger partial charge in [0.1, 0.15) is 5.60 Å². The molecule has 0 saturated heterocycles. The van der Waals surface area contributed by atoms with Crippen molar-refractivity contribution < 1.29 is 14.3 Å². The molecule has 36 heavy (non-hydrogen) atoms. The first-order chi connectivity index (χ1) is 17.0. The number of benzene rings is 1. The Bertz CT molecular complexity index is 1180. The predicted octanol–water partition coefficient (Wildman–Crippen LogP) is 2.50. The first-order valence-electron chi connectivity index (χ1n) is 11.6. The zero-order valence-corrected chi connectivity index (χ0v) is 21.6. The molecule has 0 spiro atoms. The summed E-state index contributed by atoms with van der Waals surface area (Å²) < 4.78 is 5.15. The van der Waals surface area contributed by atoms with Crippen LogP contribution in [0.3, 0.4) is 0 Å². The largest absolute Gasteiger partial charge is 0.444 e. The first-order valence-corrected chi connectivity index (χ1v) is 11.6. The summed E-state index contributed by atoms with van der Waals surface area (Å²) in [6.45, 7) is 10.3. The predicted molar refractivity (Wildman–Crippen MR) is 140 cm³/mol. The van der Waals surface area contributed by atoms with Gasteiger partial charge in [-0.05, 0) is 45.0 Å². The number of hydrogen-bond acceptors (Lipinski definition) is 10. The Morgan fingerprint density at radius 1 is 1.00 bits per heavy atom. The molecule has 0 aliphatic carbocycles. The normalized spacial score (nSPS) is 10.7. The van der Waals surface area contributed by atoms with Gasteiger partial charge in [-0.15, -0.1) is 0 Å². The van der Waals surface area contributed by atoms with E-state index in [1.807, 2.05) is 37.9 Å². The Balaban J connectivity index is 0.00000222. The molecule has 194 valence electrons. The third-order valence-electron chi connectivity index (χ3n) is 4.55. The second-order valence-corrected chi connectivity index (χ2v) is 8.59. The second kappa shape index (κ2) is 12.5. The maximum Gasteiger partial charge on any atom is 0.407 e. The van der Waals surface area contributed by atoms with Crippen molar-refractivity contribution in [1.82, 2.24) is 30.6 Å². The minimum Gasteiger partial charge on any atom is -0.444 e. The molecule has 2 heterocycles. The van der Waals surface area contributed by atoms with Gasteiger partial charge in [0.25, 0.3) is 5.91 Å². The maximum atomic E-state index is 12.4. The molecule has 6 N–H and O–H groups in total. The monoisotopic (exact) mass is 497 g/mol. The van der Waals surface area contributed by atoms with Crippen molar-refractivity contribution in [2.45, 2.75) is 46.8 Å². The van der Waals surface area contributed by atoms with Gasteiger partial charge in [0, 0.05) is 31.4 Å². The summed E-state index contributed by atoms with van der Waals surface area (Å²) >= 11 is 0. The molecule has 1 aromatic carbocycles. The van der Waals surface area contributed by atoms with Crippen LogP contribution in [0.2, 0.25) is 0 Å². The Kier molecular flexibility index (Phi) is 9.71. The van der Waals surface area contributed by atoms with E-state index in [1.165, 1.54) is 0 Å². The lowest BCUT2D eigenvalue weighted by molar-refractivity contribution is 0.0526. The highest BCUT2D eigenvalue weighted by Crippen LogP contribution is 2.18. The van der Waals surface area contributed by atoms with Crippen molar-refractivity contribution in [3.63, 3.8) is 0 Å². The van der Waals surface area contributed by atoms with E-state index in [4.69, 9.17) is 16.2 Å². The van der Waals surface area contributed by atoms with Crippen LogP contribution >= 0.6 is 0 Å². The van der Waals surface area contributed by atoms with Crippen LogP contribution < -0.4 is 27.0 Å². The van der Waals surface area contributed by atoms with Gasteiger partial charge in [0.2, 0.25) is 5.95 Å². The van der Waals surface area contributed by atoms with Gasteiger partial charge in [-0.3, -0.25) is 4.79 Å². The summed E-state index contributed by atoms with van der Waals surface area (Å²) in [7, 11) is 1.89. The van der Waals surface area contributed by atoms with Crippen LogP contribution in [0.15, 0.2) is 30.5 Å². The van der Waals surface area contributed by atoms with Gasteiger partial charge >= 0.3 is 6.09 Å². The number of carbonyl (C=O) groups is 2. The third kappa shape index (κ3) is 8.22. The van der Waals surface area contributed by atoms with Gasteiger partial charge in [-0.2, -0.15) is 9.97 Å². The quantitative estimate of drug-likeness (QED) is 0.355. The molecule has 3 aromatic rings. The van der Waals surface area contributed by atoms with Gasteiger partial charge in [-0.1, -0.05) is 13.8 Å². The number of nitrogens with zero attached hydrogens (tertiary/aromatic N) is 5. The fourth-order valence-electron chi connectivity index (χ4n) is 3.02.